The third-order valence-corrected chi connectivity index (χ3v) is 3.96. The van der Waals surface area contributed by atoms with E-state index in [1.807, 2.05) is 12.1 Å². The molecule has 1 aromatic carbocycles. The topological polar surface area (TPSA) is 44.1 Å². The molecule has 1 heterocycles. The van der Waals surface area contributed by atoms with Gasteiger partial charge in [-0.2, -0.15) is 5.10 Å². The SMILES string of the molecule is C=CCOCc1cc(Br)cc2c(I)nn(CC(C)=O)c12. The van der Waals surface area contributed by atoms with Crippen LogP contribution in [-0.2, 0) is 22.7 Å². The average Bonchev–Trinajstić information content (AvgIpc) is 2.65. The van der Waals surface area contributed by atoms with E-state index in [2.05, 4.69) is 50.2 Å². The first-order valence-electron chi connectivity index (χ1n) is 6.05. The molecule has 0 aliphatic heterocycles. The van der Waals surface area contributed by atoms with Crippen molar-refractivity contribution in [2.75, 3.05) is 6.61 Å². The zero-order valence-corrected chi connectivity index (χ0v) is 14.8. The van der Waals surface area contributed by atoms with Crippen LogP contribution < -0.4 is 0 Å². The summed E-state index contributed by atoms with van der Waals surface area (Å²) in [6, 6.07) is 4.01. The van der Waals surface area contributed by atoms with Gasteiger partial charge in [-0.3, -0.25) is 9.48 Å². The standard InChI is InChI=1S/C14H14BrIN2O2/c1-3-4-20-8-10-5-11(15)6-12-13(10)18(7-9(2)19)17-14(12)16/h3,5-6H,1,4,7-8H2,2H3. The van der Waals surface area contributed by atoms with E-state index in [4.69, 9.17) is 4.74 Å². The van der Waals surface area contributed by atoms with Gasteiger partial charge < -0.3 is 4.74 Å². The summed E-state index contributed by atoms with van der Waals surface area (Å²) >= 11 is 5.69. The lowest BCUT2D eigenvalue weighted by atomic mass is 10.1. The van der Waals surface area contributed by atoms with Crippen molar-refractivity contribution in [3.8, 4) is 0 Å². The molecule has 20 heavy (non-hydrogen) atoms. The number of rotatable bonds is 6. The fraction of sp³-hybridized carbons (Fsp3) is 0.286. The van der Waals surface area contributed by atoms with E-state index < -0.39 is 0 Å². The maximum Gasteiger partial charge on any atom is 0.151 e. The summed E-state index contributed by atoms with van der Waals surface area (Å²) in [7, 11) is 0. The Labute approximate surface area is 139 Å². The maximum absolute atomic E-state index is 11.4. The Hall–Kier alpha value is -0.730. The molecule has 6 heteroatoms. The van der Waals surface area contributed by atoms with Gasteiger partial charge in [0.15, 0.2) is 5.78 Å². The van der Waals surface area contributed by atoms with Gasteiger partial charge in [-0.25, -0.2) is 0 Å². The normalized spacial score (nSPS) is 10.9. The maximum atomic E-state index is 11.4. The summed E-state index contributed by atoms with van der Waals surface area (Å²) < 4.78 is 9.14. The van der Waals surface area contributed by atoms with Crippen molar-refractivity contribution < 1.29 is 9.53 Å². The minimum absolute atomic E-state index is 0.0756. The smallest absolute Gasteiger partial charge is 0.151 e. The Balaban J connectivity index is 2.52. The number of nitrogens with zero attached hydrogens (tertiary/aromatic N) is 2. The molecule has 0 saturated carbocycles. The molecule has 2 aromatic rings. The molecule has 0 aliphatic carbocycles. The minimum Gasteiger partial charge on any atom is -0.373 e. The Kier molecular flexibility index (Phi) is 5.34. The van der Waals surface area contributed by atoms with E-state index >= 15 is 0 Å². The van der Waals surface area contributed by atoms with Crippen LogP contribution in [0.2, 0.25) is 0 Å². The number of hydrogen-bond acceptors (Lipinski definition) is 3. The van der Waals surface area contributed by atoms with Crippen LogP contribution in [0.1, 0.15) is 12.5 Å². The molecule has 0 fully saturated rings. The molecule has 0 atom stereocenters. The molecule has 0 amide bonds. The van der Waals surface area contributed by atoms with E-state index in [9.17, 15) is 4.79 Å². The Morgan fingerprint density at radius 2 is 2.35 bits per heavy atom. The third kappa shape index (κ3) is 3.48. The molecule has 0 N–H and O–H groups in total. The summed E-state index contributed by atoms with van der Waals surface area (Å²) in [5, 5.41) is 5.47. The summed E-state index contributed by atoms with van der Waals surface area (Å²) in [5.74, 6) is 0.0756. The number of fused-ring (bicyclic) bond motifs is 1. The molecular formula is C14H14BrIN2O2. The van der Waals surface area contributed by atoms with Crippen LogP contribution in [0.15, 0.2) is 29.3 Å². The first kappa shape index (κ1) is 15.7. The lowest BCUT2D eigenvalue weighted by molar-refractivity contribution is -0.117. The van der Waals surface area contributed by atoms with E-state index in [0.717, 1.165) is 24.6 Å². The Bertz CT molecular complexity index is 667. The van der Waals surface area contributed by atoms with Crippen LogP contribution in [0.4, 0.5) is 0 Å². The molecule has 4 nitrogen and oxygen atoms in total. The average molecular weight is 449 g/mol. The largest absolute Gasteiger partial charge is 0.373 e. The van der Waals surface area contributed by atoms with Crippen LogP contribution in [0.3, 0.4) is 0 Å². The summed E-state index contributed by atoms with van der Waals surface area (Å²) in [5.41, 5.74) is 1.96. The fourth-order valence-corrected chi connectivity index (χ4v) is 3.19. The lowest BCUT2D eigenvalue weighted by Gasteiger charge is -2.08. The van der Waals surface area contributed by atoms with E-state index in [-0.39, 0.29) is 12.3 Å². The van der Waals surface area contributed by atoms with Crippen LogP contribution in [0.5, 0.6) is 0 Å². The third-order valence-electron chi connectivity index (χ3n) is 2.71. The molecule has 1 aromatic heterocycles. The molecular weight excluding hydrogens is 435 g/mol. The van der Waals surface area contributed by atoms with Crippen LogP contribution >= 0.6 is 38.5 Å². The second-order valence-electron chi connectivity index (χ2n) is 4.42. The zero-order chi connectivity index (χ0) is 14.7. The van der Waals surface area contributed by atoms with Crippen LogP contribution in [0.25, 0.3) is 10.9 Å². The quantitative estimate of drug-likeness (QED) is 0.384. The van der Waals surface area contributed by atoms with Crippen molar-refractivity contribution in [2.45, 2.75) is 20.1 Å². The van der Waals surface area contributed by atoms with Gasteiger partial charge in [-0.15, -0.1) is 6.58 Å². The Morgan fingerprint density at radius 3 is 3.00 bits per heavy atom. The van der Waals surface area contributed by atoms with Gasteiger partial charge in [0.05, 0.1) is 25.3 Å². The fourth-order valence-electron chi connectivity index (χ4n) is 2.02. The highest BCUT2D eigenvalue weighted by Gasteiger charge is 2.15. The predicted octanol–water partition coefficient (Wildman–Crippen LogP) is 3.70. The minimum atomic E-state index is 0.0756. The second kappa shape index (κ2) is 6.82. The highest BCUT2D eigenvalue weighted by Crippen LogP contribution is 2.28. The van der Waals surface area contributed by atoms with Crippen molar-refractivity contribution >= 4 is 55.2 Å². The van der Waals surface area contributed by atoms with Gasteiger partial charge in [-0.1, -0.05) is 22.0 Å². The van der Waals surface area contributed by atoms with Gasteiger partial charge in [0.1, 0.15) is 3.70 Å². The predicted molar refractivity (Wildman–Crippen MR) is 90.7 cm³/mol. The summed E-state index contributed by atoms with van der Waals surface area (Å²) in [6.45, 7) is 6.42. The zero-order valence-electron chi connectivity index (χ0n) is 11.0. The first-order chi connectivity index (χ1) is 9.52. The molecule has 0 unspecified atom stereocenters. The number of benzene rings is 1. The van der Waals surface area contributed by atoms with E-state index in [1.165, 1.54) is 0 Å². The number of Topliss-reactive ketones (excluding diaryl/α,β-unsaturated/α-hetero) is 1. The van der Waals surface area contributed by atoms with Crippen molar-refractivity contribution in [3.63, 3.8) is 0 Å². The number of halogens is 2. The highest BCUT2D eigenvalue weighted by molar-refractivity contribution is 14.1. The summed E-state index contributed by atoms with van der Waals surface area (Å²) in [6.07, 6.45) is 1.71. The number of carbonyl (C=O) groups is 1. The van der Waals surface area contributed by atoms with Gasteiger partial charge in [0.2, 0.25) is 0 Å². The van der Waals surface area contributed by atoms with Crippen LogP contribution in [-0.4, -0.2) is 22.2 Å². The van der Waals surface area contributed by atoms with Gasteiger partial charge in [-0.05, 0) is 41.6 Å². The van der Waals surface area contributed by atoms with Crippen LogP contribution in [0, 0.1) is 3.70 Å². The van der Waals surface area contributed by atoms with Gasteiger partial charge in [0.25, 0.3) is 0 Å². The second-order valence-corrected chi connectivity index (χ2v) is 6.35. The number of hydrogen-bond donors (Lipinski definition) is 0. The van der Waals surface area contributed by atoms with E-state index in [0.29, 0.717) is 13.2 Å². The van der Waals surface area contributed by atoms with Crippen molar-refractivity contribution in [1.29, 1.82) is 0 Å². The first-order valence-corrected chi connectivity index (χ1v) is 7.92. The molecule has 0 saturated heterocycles. The lowest BCUT2D eigenvalue weighted by Crippen LogP contribution is -2.09. The number of ketones is 1. The molecule has 106 valence electrons. The monoisotopic (exact) mass is 448 g/mol. The molecule has 0 spiro atoms. The molecule has 0 bridgehead atoms. The number of aromatic nitrogens is 2. The Morgan fingerprint density at radius 1 is 1.60 bits per heavy atom. The van der Waals surface area contributed by atoms with Crippen molar-refractivity contribution in [2.24, 2.45) is 0 Å². The summed E-state index contributed by atoms with van der Waals surface area (Å²) in [4.78, 5) is 11.4. The van der Waals surface area contributed by atoms with Crippen molar-refractivity contribution in [3.05, 3.63) is 38.5 Å². The number of carbonyl (C=O) groups excluding carboxylic acids is 1. The molecule has 0 radical (unpaired) electrons. The van der Waals surface area contributed by atoms with E-state index in [1.54, 1.807) is 17.7 Å². The highest BCUT2D eigenvalue weighted by atomic mass is 127. The van der Waals surface area contributed by atoms with Gasteiger partial charge >= 0.3 is 0 Å². The molecule has 0 aliphatic rings. The van der Waals surface area contributed by atoms with Crippen molar-refractivity contribution in [1.82, 2.24) is 9.78 Å². The van der Waals surface area contributed by atoms with Gasteiger partial charge in [0, 0.05) is 15.4 Å². The number of ether oxygens (including phenoxy) is 1. The molecule has 2 rings (SSSR count).